The SMILES string of the molecule is COc1cc(/C=C2\SC(=Nc3ccccc3)N([C@H]3CCCC[C@H]3C)C2=O)cc([N+](=O)[O-])c1O. The Morgan fingerprint density at radius 1 is 1.24 bits per heavy atom. The molecule has 0 bridgehead atoms. The van der Waals surface area contributed by atoms with E-state index in [9.17, 15) is 20.0 Å². The Labute approximate surface area is 196 Å². The second-order valence-corrected chi connectivity index (χ2v) is 9.20. The molecule has 1 saturated heterocycles. The first-order valence-electron chi connectivity index (χ1n) is 10.8. The highest BCUT2D eigenvalue weighted by Crippen LogP contribution is 2.42. The van der Waals surface area contributed by atoms with E-state index in [1.165, 1.54) is 31.0 Å². The monoisotopic (exact) mass is 467 g/mol. The summed E-state index contributed by atoms with van der Waals surface area (Å²) in [4.78, 5) is 31.2. The van der Waals surface area contributed by atoms with Crippen molar-refractivity contribution in [2.75, 3.05) is 7.11 Å². The van der Waals surface area contributed by atoms with E-state index in [-0.39, 0.29) is 17.7 Å². The minimum Gasteiger partial charge on any atom is -0.500 e. The number of rotatable bonds is 5. The minimum atomic E-state index is -0.679. The molecule has 0 radical (unpaired) electrons. The van der Waals surface area contributed by atoms with Crippen molar-refractivity contribution in [3.63, 3.8) is 0 Å². The first kappa shape index (κ1) is 22.8. The molecule has 0 aromatic heterocycles. The van der Waals surface area contributed by atoms with Crippen molar-refractivity contribution in [3.05, 3.63) is 63.0 Å². The highest BCUT2D eigenvalue weighted by molar-refractivity contribution is 8.18. The second-order valence-electron chi connectivity index (χ2n) is 8.19. The van der Waals surface area contributed by atoms with Crippen molar-refractivity contribution < 1.29 is 19.6 Å². The number of aromatic hydroxyl groups is 1. The van der Waals surface area contributed by atoms with E-state index in [4.69, 9.17) is 9.73 Å². The zero-order chi connectivity index (χ0) is 23.5. The second kappa shape index (κ2) is 9.66. The number of hydrogen-bond acceptors (Lipinski definition) is 7. The summed E-state index contributed by atoms with van der Waals surface area (Å²) < 4.78 is 5.09. The summed E-state index contributed by atoms with van der Waals surface area (Å²) in [7, 11) is 1.32. The van der Waals surface area contributed by atoms with Crippen LogP contribution < -0.4 is 4.74 Å². The maximum absolute atomic E-state index is 13.5. The van der Waals surface area contributed by atoms with E-state index in [1.54, 1.807) is 11.0 Å². The molecule has 172 valence electrons. The van der Waals surface area contributed by atoms with Crippen LogP contribution in [0.2, 0.25) is 0 Å². The van der Waals surface area contributed by atoms with Crippen molar-refractivity contribution >= 4 is 40.3 Å². The van der Waals surface area contributed by atoms with Crippen LogP contribution in [0.15, 0.2) is 52.4 Å². The first-order chi connectivity index (χ1) is 15.9. The molecule has 2 aromatic carbocycles. The van der Waals surface area contributed by atoms with E-state index in [0.29, 0.717) is 21.6 Å². The first-order valence-corrected chi connectivity index (χ1v) is 11.6. The summed E-state index contributed by atoms with van der Waals surface area (Å²) in [6.45, 7) is 2.16. The molecule has 2 aromatic rings. The third kappa shape index (κ3) is 4.73. The van der Waals surface area contributed by atoms with Crippen LogP contribution in [-0.2, 0) is 4.79 Å². The molecule has 1 amide bonds. The summed E-state index contributed by atoms with van der Waals surface area (Å²) in [6, 6.07) is 12.2. The highest BCUT2D eigenvalue weighted by atomic mass is 32.2. The van der Waals surface area contributed by atoms with E-state index >= 15 is 0 Å². The zero-order valence-electron chi connectivity index (χ0n) is 18.4. The summed E-state index contributed by atoms with van der Waals surface area (Å²) >= 11 is 1.26. The molecule has 2 aliphatic rings. The molecule has 1 N–H and O–H groups in total. The summed E-state index contributed by atoms with van der Waals surface area (Å²) in [6.07, 6.45) is 5.77. The highest BCUT2D eigenvalue weighted by Gasteiger charge is 2.41. The fourth-order valence-electron chi connectivity index (χ4n) is 4.29. The molecular formula is C24H25N3O5S. The normalized spacial score (nSPS) is 23.3. The Kier molecular flexibility index (Phi) is 6.69. The average molecular weight is 468 g/mol. The van der Waals surface area contributed by atoms with Gasteiger partial charge in [-0.3, -0.25) is 19.8 Å². The van der Waals surface area contributed by atoms with Crippen molar-refractivity contribution in [2.45, 2.75) is 38.6 Å². The Bertz CT molecular complexity index is 1130. The number of phenols is 1. The number of thioether (sulfide) groups is 1. The lowest BCUT2D eigenvalue weighted by Gasteiger charge is -2.35. The van der Waals surface area contributed by atoms with Crippen LogP contribution in [0.1, 0.15) is 38.2 Å². The van der Waals surface area contributed by atoms with Gasteiger partial charge in [0, 0.05) is 12.1 Å². The predicted molar refractivity (Wildman–Crippen MR) is 129 cm³/mol. The summed E-state index contributed by atoms with van der Waals surface area (Å²) in [5, 5.41) is 22.0. The molecule has 0 spiro atoms. The van der Waals surface area contributed by atoms with Gasteiger partial charge in [0.25, 0.3) is 5.91 Å². The van der Waals surface area contributed by atoms with Gasteiger partial charge in [-0.05, 0) is 60.4 Å². The van der Waals surface area contributed by atoms with Gasteiger partial charge in [0.2, 0.25) is 5.75 Å². The van der Waals surface area contributed by atoms with Crippen LogP contribution in [-0.4, -0.2) is 39.2 Å². The topological polar surface area (TPSA) is 105 Å². The molecule has 1 saturated carbocycles. The predicted octanol–water partition coefficient (Wildman–Crippen LogP) is 5.49. The zero-order valence-corrected chi connectivity index (χ0v) is 19.2. The molecule has 0 unspecified atom stereocenters. The lowest BCUT2D eigenvalue weighted by molar-refractivity contribution is -0.386. The van der Waals surface area contributed by atoms with Gasteiger partial charge in [-0.25, -0.2) is 4.99 Å². The van der Waals surface area contributed by atoms with Gasteiger partial charge in [-0.2, -0.15) is 0 Å². The number of nitrogens with zero attached hydrogens (tertiary/aromatic N) is 3. The maximum Gasteiger partial charge on any atom is 0.315 e. The van der Waals surface area contributed by atoms with Crippen molar-refractivity contribution in [1.82, 2.24) is 4.90 Å². The van der Waals surface area contributed by atoms with Crippen LogP contribution in [0.3, 0.4) is 0 Å². The van der Waals surface area contributed by atoms with Crippen molar-refractivity contribution in [2.24, 2.45) is 10.9 Å². The fourth-order valence-corrected chi connectivity index (χ4v) is 5.34. The summed E-state index contributed by atoms with van der Waals surface area (Å²) in [5.74, 6) is -0.386. The number of carbonyl (C=O) groups is 1. The van der Waals surface area contributed by atoms with Crippen LogP contribution in [0.25, 0.3) is 6.08 Å². The van der Waals surface area contributed by atoms with E-state index < -0.39 is 16.4 Å². The fraction of sp³-hybridized carbons (Fsp3) is 0.333. The Hall–Kier alpha value is -3.33. The van der Waals surface area contributed by atoms with E-state index in [2.05, 4.69) is 6.92 Å². The third-order valence-electron chi connectivity index (χ3n) is 6.01. The van der Waals surface area contributed by atoms with Gasteiger partial charge in [0.15, 0.2) is 10.9 Å². The number of aliphatic imine (C=N–C) groups is 1. The molecule has 4 rings (SSSR count). The smallest absolute Gasteiger partial charge is 0.315 e. The minimum absolute atomic E-state index is 0.0255. The number of hydrogen-bond donors (Lipinski definition) is 1. The number of para-hydroxylation sites is 1. The molecule has 8 nitrogen and oxygen atoms in total. The molecule has 2 fully saturated rings. The standard InChI is InChI=1S/C24H25N3O5S/c1-15-8-6-7-11-18(15)26-23(29)21(33-24(26)25-17-9-4-3-5-10-17)14-16-12-19(27(30)31)22(28)20(13-16)32-2/h3-5,9-10,12-15,18,28H,6-8,11H2,1-2H3/b21-14-,25-24?/t15-,18+/m1/s1. The Morgan fingerprint density at radius 3 is 2.64 bits per heavy atom. The van der Waals surface area contributed by atoms with E-state index in [1.807, 2.05) is 30.3 Å². The lowest BCUT2D eigenvalue weighted by Crippen LogP contribution is -2.44. The van der Waals surface area contributed by atoms with Crippen LogP contribution >= 0.6 is 11.8 Å². The molecule has 1 heterocycles. The van der Waals surface area contributed by atoms with Gasteiger partial charge in [0.05, 0.1) is 22.6 Å². The average Bonchev–Trinajstić information content (AvgIpc) is 3.10. The number of nitro benzene ring substituents is 1. The molecule has 1 aliphatic heterocycles. The molecule has 33 heavy (non-hydrogen) atoms. The Morgan fingerprint density at radius 2 is 1.97 bits per heavy atom. The quantitative estimate of drug-likeness (QED) is 0.354. The number of phenolic OH excluding ortho intramolecular Hbond substituents is 1. The van der Waals surface area contributed by atoms with Crippen LogP contribution in [0.5, 0.6) is 11.5 Å². The molecule has 1 aliphatic carbocycles. The molecule has 9 heteroatoms. The Balaban J connectivity index is 1.76. The number of amidine groups is 1. The number of nitro groups is 1. The largest absolute Gasteiger partial charge is 0.500 e. The number of methoxy groups -OCH3 is 1. The third-order valence-corrected chi connectivity index (χ3v) is 6.99. The van der Waals surface area contributed by atoms with Gasteiger partial charge >= 0.3 is 5.69 Å². The van der Waals surface area contributed by atoms with Gasteiger partial charge in [-0.1, -0.05) is 38.0 Å². The molecule has 2 atom stereocenters. The van der Waals surface area contributed by atoms with Gasteiger partial charge in [-0.15, -0.1) is 0 Å². The van der Waals surface area contributed by atoms with Crippen LogP contribution in [0, 0.1) is 16.0 Å². The maximum atomic E-state index is 13.5. The molecular weight excluding hydrogens is 442 g/mol. The van der Waals surface area contributed by atoms with E-state index in [0.717, 1.165) is 31.4 Å². The number of amides is 1. The van der Waals surface area contributed by atoms with Gasteiger partial charge in [0.1, 0.15) is 0 Å². The number of ether oxygens (including phenoxy) is 1. The number of carbonyl (C=O) groups excluding carboxylic acids is 1. The van der Waals surface area contributed by atoms with Crippen LogP contribution in [0.4, 0.5) is 11.4 Å². The van der Waals surface area contributed by atoms with Crippen molar-refractivity contribution in [1.29, 1.82) is 0 Å². The van der Waals surface area contributed by atoms with Crippen molar-refractivity contribution in [3.8, 4) is 11.5 Å². The summed E-state index contributed by atoms with van der Waals surface area (Å²) in [5.41, 5.74) is 0.668. The number of benzene rings is 2. The van der Waals surface area contributed by atoms with Gasteiger partial charge < -0.3 is 9.84 Å². The lowest BCUT2D eigenvalue weighted by atomic mass is 9.85.